The van der Waals surface area contributed by atoms with E-state index >= 15 is 0 Å². The predicted octanol–water partition coefficient (Wildman–Crippen LogP) is 2.71. The van der Waals surface area contributed by atoms with Crippen LogP contribution >= 0.6 is 11.6 Å². The van der Waals surface area contributed by atoms with Crippen LogP contribution in [-0.4, -0.2) is 30.5 Å². The molecular formula is C12H10ClNO5. The number of nitrogens with zero attached hydrogens (tertiary/aromatic N) is 1. The first-order chi connectivity index (χ1) is 9.06. The first-order valence-corrected chi connectivity index (χ1v) is 5.56. The average molecular weight is 284 g/mol. The highest BCUT2D eigenvalue weighted by atomic mass is 35.5. The van der Waals surface area contributed by atoms with Crippen molar-refractivity contribution in [2.24, 2.45) is 0 Å². The molecule has 0 aliphatic rings. The first-order valence-electron chi connectivity index (χ1n) is 5.18. The van der Waals surface area contributed by atoms with E-state index < -0.39 is 5.97 Å². The molecule has 7 heteroatoms. The molecule has 0 bridgehead atoms. The number of carboxylic acid groups (broad SMARTS) is 1. The van der Waals surface area contributed by atoms with Gasteiger partial charge < -0.3 is 19.1 Å². The van der Waals surface area contributed by atoms with Crippen molar-refractivity contribution in [3.63, 3.8) is 0 Å². The van der Waals surface area contributed by atoms with Crippen LogP contribution in [0.1, 0.15) is 10.5 Å². The van der Waals surface area contributed by atoms with E-state index in [-0.39, 0.29) is 11.5 Å². The molecule has 0 aliphatic carbocycles. The molecule has 1 heterocycles. The minimum absolute atomic E-state index is 0.198. The zero-order chi connectivity index (χ0) is 14.0. The van der Waals surface area contributed by atoms with Crippen LogP contribution in [0.2, 0.25) is 5.02 Å². The van der Waals surface area contributed by atoms with Gasteiger partial charge in [0.15, 0.2) is 23.0 Å². The van der Waals surface area contributed by atoms with Crippen molar-refractivity contribution in [2.45, 2.75) is 0 Å². The number of benzene rings is 1. The topological polar surface area (TPSA) is 81.8 Å². The largest absolute Gasteiger partial charge is 0.493 e. The van der Waals surface area contributed by atoms with Crippen molar-refractivity contribution in [1.82, 2.24) is 5.16 Å². The molecule has 0 radical (unpaired) electrons. The molecule has 0 saturated heterocycles. The third-order valence-corrected chi connectivity index (χ3v) is 2.66. The first kappa shape index (κ1) is 13.2. The summed E-state index contributed by atoms with van der Waals surface area (Å²) < 4.78 is 15.4. The molecule has 100 valence electrons. The lowest BCUT2D eigenvalue weighted by atomic mass is 10.1. The summed E-state index contributed by atoms with van der Waals surface area (Å²) in [6.07, 6.45) is 0. The highest BCUT2D eigenvalue weighted by molar-refractivity contribution is 6.31. The van der Waals surface area contributed by atoms with Crippen molar-refractivity contribution in [3.05, 3.63) is 28.9 Å². The van der Waals surface area contributed by atoms with E-state index in [0.717, 1.165) is 0 Å². The smallest absolute Gasteiger partial charge is 0.358 e. The zero-order valence-electron chi connectivity index (χ0n) is 10.1. The minimum atomic E-state index is -1.18. The van der Waals surface area contributed by atoms with Crippen LogP contribution in [0.3, 0.4) is 0 Å². The molecule has 2 rings (SSSR count). The van der Waals surface area contributed by atoms with Crippen molar-refractivity contribution in [2.75, 3.05) is 14.2 Å². The number of hydrogen-bond donors (Lipinski definition) is 1. The maximum Gasteiger partial charge on any atom is 0.358 e. The SMILES string of the molecule is COc1cc(Cl)cc(-c2cc(C(=O)O)no2)c1OC. The molecule has 19 heavy (non-hydrogen) atoms. The molecule has 0 amide bonds. The Bertz CT molecular complexity index is 623. The summed E-state index contributed by atoms with van der Waals surface area (Å²) in [6.45, 7) is 0. The Morgan fingerprint density at radius 1 is 1.32 bits per heavy atom. The lowest BCUT2D eigenvalue weighted by Gasteiger charge is -2.11. The molecule has 0 spiro atoms. The van der Waals surface area contributed by atoms with Crippen LogP contribution in [0.4, 0.5) is 0 Å². The fourth-order valence-electron chi connectivity index (χ4n) is 1.62. The van der Waals surface area contributed by atoms with Gasteiger partial charge in [-0.3, -0.25) is 0 Å². The highest BCUT2D eigenvalue weighted by Gasteiger charge is 2.19. The van der Waals surface area contributed by atoms with Gasteiger partial charge in [-0.1, -0.05) is 16.8 Å². The molecule has 1 N–H and O–H groups in total. The fraction of sp³-hybridized carbons (Fsp3) is 0.167. The van der Waals surface area contributed by atoms with Crippen molar-refractivity contribution in [1.29, 1.82) is 0 Å². The highest BCUT2D eigenvalue weighted by Crippen LogP contribution is 2.40. The Kier molecular flexibility index (Phi) is 3.62. The summed E-state index contributed by atoms with van der Waals surface area (Å²) in [5.41, 5.74) is 0.267. The van der Waals surface area contributed by atoms with Crippen molar-refractivity contribution >= 4 is 17.6 Å². The lowest BCUT2D eigenvalue weighted by molar-refractivity contribution is 0.0686. The Hall–Kier alpha value is -2.21. The van der Waals surface area contributed by atoms with Gasteiger partial charge in [0.25, 0.3) is 0 Å². The number of halogens is 1. The number of aromatic carboxylic acids is 1. The second-order valence-corrected chi connectivity index (χ2v) is 4.01. The van der Waals surface area contributed by atoms with Crippen LogP contribution in [0.5, 0.6) is 11.5 Å². The van der Waals surface area contributed by atoms with Crippen LogP contribution in [-0.2, 0) is 0 Å². The lowest BCUT2D eigenvalue weighted by Crippen LogP contribution is -1.95. The van der Waals surface area contributed by atoms with Gasteiger partial charge in [-0.2, -0.15) is 0 Å². The van der Waals surface area contributed by atoms with E-state index in [9.17, 15) is 4.79 Å². The monoisotopic (exact) mass is 283 g/mol. The fourth-order valence-corrected chi connectivity index (χ4v) is 1.82. The second kappa shape index (κ2) is 5.19. The molecule has 1 aromatic heterocycles. The summed E-state index contributed by atoms with van der Waals surface area (Å²) in [5.74, 6) is -0.142. The standard InChI is InChI=1S/C12H10ClNO5/c1-17-10-4-6(13)3-7(11(10)18-2)9-5-8(12(15)16)14-19-9/h3-5H,1-2H3,(H,15,16). The number of aromatic nitrogens is 1. The normalized spacial score (nSPS) is 10.3. The number of carboxylic acids is 1. The van der Waals surface area contributed by atoms with Gasteiger partial charge in [0.2, 0.25) is 0 Å². The van der Waals surface area contributed by atoms with Gasteiger partial charge in [0.1, 0.15) is 0 Å². The number of rotatable bonds is 4. The van der Waals surface area contributed by atoms with Crippen LogP contribution in [0.15, 0.2) is 22.7 Å². The van der Waals surface area contributed by atoms with Crippen LogP contribution in [0, 0.1) is 0 Å². The second-order valence-electron chi connectivity index (χ2n) is 3.57. The molecular weight excluding hydrogens is 274 g/mol. The Morgan fingerprint density at radius 3 is 2.58 bits per heavy atom. The van der Waals surface area contributed by atoms with E-state index in [1.54, 1.807) is 12.1 Å². The maximum atomic E-state index is 10.8. The van der Waals surface area contributed by atoms with Gasteiger partial charge in [0.05, 0.1) is 19.8 Å². The van der Waals surface area contributed by atoms with Gasteiger partial charge >= 0.3 is 5.97 Å². The minimum Gasteiger partial charge on any atom is -0.493 e. The summed E-state index contributed by atoms with van der Waals surface area (Å²) >= 11 is 5.96. The van der Waals surface area contributed by atoms with E-state index in [0.29, 0.717) is 22.1 Å². The number of methoxy groups -OCH3 is 2. The Balaban J connectivity index is 2.59. The zero-order valence-corrected chi connectivity index (χ0v) is 10.9. The molecule has 2 aromatic rings. The number of carbonyl (C=O) groups is 1. The molecule has 1 aromatic carbocycles. The molecule has 0 saturated carbocycles. The van der Waals surface area contributed by atoms with E-state index in [1.807, 2.05) is 0 Å². The van der Waals surface area contributed by atoms with Gasteiger partial charge in [-0.25, -0.2) is 4.79 Å². The number of hydrogen-bond acceptors (Lipinski definition) is 5. The van der Waals surface area contributed by atoms with Crippen molar-refractivity contribution in [3.8, 4) is 22.8 Å². The third-order valence-electron chi connectivity index (χ3n) is 2.44. The maximum absolute atomic E-state index is 10.8. The summed E-state index contributed by atoms with van der Waals surface area (Å²) in [4.78, 5) is 10.8. The van der Waals surface area contributed by atoms with E-state index in [2.05, 4.69) is 5.16 Å². The summed E-state index contributed by atoms with van der Waals surface area (Å²) in [6, 6.07) is 4.45. The number of ether oxygens (including phenoxy) is 2. The van der Waals surface area contributed by atoms with Gasteiger partial charge in [-0.15, -0.1) is 0 Å². The van der Waals surface area contributed by atoms with E-state index in [1.165, 1.54) is 20.3 Å². The molecule has 0 unspecified atom stereocenters. The molecule has 6 nitrogen and oxygen atoms in total. The molecule has 0 aliphatic heterocycles. The molecule has 0 fully saturated rings. The Labute approximate surface area is 113 Å². The van der Waals surface area contributed by atoms with E-state index in [4.69, 9.17) is 30.7 Å². The van der Waals surface area contributed by atoms with Crippen molar-refractivity contribution < 1.29 is 23.9 Å². The van der Waals surface area contributed by atoms with Gasteiger partial charge in [-0.05, 0) is 6.07 Å². The van der Waals surface area contributed by atoms with Crippen LogP contribution in [0.25, 0.3) is 11.3 Å². The predicted molar refractivity (Wildman–Crippen MR) is 67.0 cm³/mol. The van der Waals surface area contributed by atoms with Crippen LogP contribution < -0.4 is 9.47 Å². The average Bonchev–Trinajstić information content (AvgIpc) is 2.87. The summed E-state index contributed by atoms with van der Waals surface area (Å²) in [5, 5.41) is 12.7. The molecule has 0 atom stereocenters. The quantitative estimate of drug-likeness (QED) is 0.929. The summed E-state index contributed by atoms with van der Waals surface area (Å²) in [7, 11) is 2.94. The van der Waals surface area contributed by atoms with Gasteiger partial charge in [0, 0.05) is 17.2 Å². The third kappa shape index (κ3) is 2.48. The Morgan fingerprint density at radius 2 is 2.05 bits per heavy atom.